The van der Waals surface area contributed by atoms with Crippen LogP contribution in [0.1, 0.15) is 44.6 Å². The van der Waals surface area contributed by atoms with Crippen LogP contribution in [0.5, 0.6) is 0 Å². The van der Waals surface area contributed by atoms with Gasteiger partial charge in [-0.3, -0.25) is 0 Å². The van der Waals surface area contributed by atoms with Gasteiger partial charge < -0.3 is 9.73 Å². The quantitative estimate of drug-likeness (QED) is 0.926. The van der Waals surface area contributed by atoms with E-state index in [1.165, 1.54) is 0 Å². The first-order valence-corrected chi connectivity index (χ1v) is 8.59. The van der Waals surface area contributed by atoms with Gasteiger partial charge >= 0.3 is 0 Å². The van der Waals surface area contributed by atoms with Gasteiger partial charge in [0.15, 0.2) is 0 Å². The lowest BCUT2D eigenvalue weighted by Crippen LogP contribution is -2.47. The Morgan fingerprint density at radius 3 is 2.50 bits per heavy atom. The van der Waals surface area contributed by atoms with Crippen molar-refractivity contribution < 1.29 is 12.8 Å². The molecule has 0 amide bonds. The maximum Gasteiger partial charge on any atom is 0.247 e. The molecule has 1 aromatic rings. The van der Waals surface area contributed by atoms with E-state index in [-0.39, 0.29) is 12.1 Å². The van der Waals surface area contributed by atoms with Crippen LogP contribution >= 0.6 is 0 Å². The van der Waals surface area contributed by atoms with Crippen LogP contribution in [0.4, 0.5) is 0 Å². The van der Waals surface area contributed by atoms with Crippen LogP contribution < -0.4 is 5.32 Å². The lowest BCUT2D eigenvalue weighted by molar-refractivity contribution is 0.204. The molecule has 0 bridgehead atoms. The van der Waals surface area contributed by atoms with Gasteiger partial charge in [0.05, 0.1) is 6.54 Å². The summed E-state index contributed by atoms with van der Waals surface area (Å²) in [4.78, 5) is 0.309. The number of hydrogen-bond donors (Lipinski definition) is 1. The van der Waals surface area contributed by atoms with E-state index in [0.29, 0.717) is 23.0 Å². The highest BCUT2D eigenvalue weighted by molar-refractivity contribution is 7.89. The molecule has 0 radical (unpaired) electrons. The summed E-state index contributed by atoms with van der Waals surface area (Å²) in [5.74, 6) is 1.13. The van der Waals surface area contributed by atoms with Crippen LogP contribution in [0.2, 0.25) is 0 Å². The first-order chi connectivity index (χ1) is 9.37. The largest absolute Gasteiger partial charge is 0.464 e. The summed E-state index contributed by atoms with van der Waals surface area (Å²) in [6.45, 7) is 6.21. The molecule has 6 heteroatoms. The fraction of sp³-hybridized carbons (Fsp3) is 0.714. The Bertz CT molecular complexity index is 555. The molecule has 1 aliphatic rings. The summed E-state index contributed by atoms with van der Waals surface area (Å²) in [5.41, 5.74) is 0. The Kier molecular flexibility index (Phi) is 4.56. The number of sulfonamides is 1. The molecule has 5 nitrogen and oxygen atoms in total. The van der Waals surface area contributed by atoms with E-state index in [2.05, 4.69) is 5.32 Å². The minimum Gasteiger partial charge on any atom is -0.464 e. The maximum absolute atomic E-state index is 12.9. The van der Waals surface area contributed by atoms with Crippen molar-refractivity contribution in [3.05, 3.63) is 17.6 Å². The Morgan fingerprint density at radius 1 is 1.35 bits per heavy atom. The average Bonchev–Trinajstić information content (AvgIpc) is 2.71. The first-order valence-electron chi connectivity index (χ1n) is 7.15. The zero-order valence-corrected chi connectivity index (χ0v) is 13.5. The summed E-state index contributed by atoms with van der Waals surface area (Å²) < 4.78 is 33.0. The van der Waals surface area contributed by atoms with Gasteiger partial charge in [-0.05, 0) is 40.7 Å². The molecule has 0 spiro atoms. The van der Waals surface area contributed by atoms with E-state index in [1.54, 1.807) is 24.3 Å². The van der Waals surface area contributed by atoms with Crippen LogP contribution in [0.25, 0.3) is 0 Å². The Labute approximate surface area is 121 Å². The summed E-state index contributed by atoms with van der Waals surface area (Å²) in [5, 5.41) is 2.97. The maximum atomic E-state index is 12.9. The molecule has 0 saturated carbocycles. The number of furan rings is 1. The fourth-order valence-corrected chi connectivity index (χ4v) is 5.10. The topological polar surface area (TPSA) is 62.6 Å². The third-order valence-corrected chi connectivity index (χ3v) is 6.18. The van der Waals surface area contributed by atoms with Gasteiger partial charge in [-0.1, -0.05) is 6.42 Å². The first kappa shape index (κ1) is 15.5. The van der Waals surface area contributed by atoms with E-state index in [9.17, 15) is 8.42 Å². The molecule has 2 rings (SSSR count). The second-order valence-corrected chi connectivity index (χ2v) is 7.44. The van der Waals surface area contributed by atoms with Gasteiger partial charge in [0, 0.05) is 18.2 Å². The molecule has 1 fully saturated rings. The second-order valence-electron chi connectivity index (χ2n) is 5.63. The minimum atomic E-state index is -3.48. The lowest BCUT2D eigenvalue weighted by Gasteiger charge is -2.37. The van der Waals surface area contributed by atoms with Gasteiger partial charge in [-0.2, -0.15) is 4.31 Å². The lowest BCUT2D eigenvalue weighted by atomic mass is 10.0. The molecule has 1 aromatic heterocycles. The molecular formula is C14H24N2O3S. The number of nitrogens with one attached hydrogen (secondary N) is 1. The number of piperidine rings is 1. The van der Waals surface area contributed by atoms with Gasteiger partial charge in [0.1, 0.15) is 16.4 Å². The fourth-order valence-electron chi connectivity index (χ4n) is 3.03. The highest BCUT2D eigenvalue weighted by Crippen LogP contribution is 2.32. The molecule has 1 N–H and O–H groups in total. The average molecular weight is 300 g/mol. The van der Waals surface area contributed by atoms with Crippen molar-refractivity contribution in [1.82, 2.24) is 9.62 Å². The number of nitrogens with zero attached hydrogens (tertiary/aromatic N) is 1. The van der Waals surface area contributed by atoms with Crippen LogP contribution in [0, 0.1) is 6.92 Å². The Hall–Kier alpha value is -0.850. The molecular weight excluding hydrogens is 276 g/mol. The third-order valence-electron chi connectivity index (χ3n) is 3.94. The molecule has 2 atom stereocenters. The predicted molar refractivity (Wildman–Crippen MR) is 78.0 cm³/mol. The molecule has 0 unspecified atom stereocenters. The van der Waals surface area contributed by atoms with Crippen molar-refractivity contribution in [2.24, 2.45) is 0 Å². The second kappa shape index (κ2) is 5.87. The van der Waals surface area contributed by atoms with Crippen molar-refractivity contribution in [2.75, 3.05) is 7.05 Å². The predicted octanol–water partition coefficient (Wildman–Crippen LogP) is 2.26. The summed E-state index contributed by atoms with van der Waals surface area (Å²) in [7, 11) is -1.67. The molecule has 1 aliphatic heterocycles. The standard InChI is InChI=1S/C14H24N2O3S/c1-10-6-5-7-11(2)16(10)20(17,18)14-8-13(9-15-4)19-12(14)3/h8,10-11,15H,5-7,9H2,1-4H3/t10-,11+. The molecule has 114 valence electrons. The van der Waals surface area contributed by atoms with Crippen LogP contribution in [-0.2, 0) is 16.6 Å². The third kappa shape index (κ3) is 2.77. The van der Waals surface area contributed by atoms with Crippen molar-refractivity contribution >= 4 is 10.0 Å². The highest BCUT2D eigenvalue weighted by Gasteiger charge is 2.37. The Morgan fingerprint density at radius 2 is 1.95 bits per heavy atom. The number of hydrogen-bond acceptors (Lipinski definition) is 4. The smallest absolute Gasteiger partial charge is 0.247 e. The van der Waals surface area contributed by atoms with Crippen molar-refractivity contribution in [3.63, 3.8) is 0 Å². The van der Waals surface area contributed by atoms with Crippen molar-refractivity contribution in [1.29, 1.82) is 0 Å². The Balaban J connectivity index is 2.38. The zero-order valence-electron chi connectivity index (χ0n) is 12.6. The monoisotopic (exact) mass is 300 g/mol. The van der Waals surface area contributed by atoms with Gasteiger partial charge in [-0.15, -0.1) is 0 Å². The van der Waals surface area contributed by atoms with Crippen LogP contribution in [0.3, 0.4) is 0 Å². The normalized spacial score (nSPS) is 25.0. The molecule has 2 heterocycles. The summed E-state index contributed by atoms with van der Waals surface area (Å²) in [6.07, 6.45) is 2.93. The molecule has 0 aromatic carbocycles. The molecule has 0 aliphatic carbocycles. The van der Waals surface area contributed by atoms with Crippen molar-refractivity contribution in [2.45, 2.75) is 63.6 Å². The number of rotatable bonds is 4. The SMILES string of the molecule is CNCc1cc(S(=O)(=O)N2[C@H](C)CCC[C@@H]2C)c(C)o1. The minimum absolute atomic E-state index is 0.0470. The van der Waals surface area contributed by atoms with E-state index >= 15 is 0 Å². The van der Waals surface area contributed by atoms with E-state index in [0.717, 1.165) is 19.3 Å². The van der Waals surface area contributed by atoms with E-state index in [1.807, 2.05) is 13.8 Å². The molecule has 1 saturated heterocycles. The molecule has 20 heavy (non-hydrogen) atoms. The van der Waals surface area contributed by atoms with Crippen LogP contribution in [0.15, 0.2) is 15.4 Å². The highest BCUT2D eigenvalue weighted by atomic mass is 32.2. The zero-order chi connectivity index (χ0) is 14.9. The van der Waals surface area contributed by atoms with E-state index < -0.39 is 10.0 Å². The van der Waals surface area contributed by atoms with Crippen molar-refractivity contribution in [3.8, 4) is 0 Å². The van der Waals surface area contributed by atoms with Gasteiger partial charge in [0.25, 0.3) is 0 Å². The number of aryl methyl sites for hydroxylation is 1. The summed E-state index contributed by atoms with van der Waals surface area (Å²) >= 11 is 0. The van der Waals surface area contributed by atoms with Crippen LogP contribution in [-0.4, -0.2) is 31.9 Å². The summed E-state index contributed by atoms with van der Waals surface area (Å²) in [6, 6.07) is 1.74. The van der Waals surface area contributed by atoms with Gasteiger partial charge in [-0.25, -0.2) is 8.42 Å². The van der Waals surface area contributed by atoms with E-state index in [4.69, 9.17) is 4.42 Å². The van der Waals surface area contributed by atoms with Gasteiger partial charge in [0.2, 0.25) is 10.0 Å².